The molecule has 0 aliphatic heterocycles. The number of hydrogen-bond donors (Lipinski definition) is 0. The molecule has 0 saturated heterocycles. The molecule has 0 aliphatic rings. The molecule has 0 atom stereocenters. The number of aromatic nitrogens is 4. The normalized spacial score (nSPS) is 10.2. The number of rotatable bonds is 2. The van der Waals surface area contributed by atoms with Crippen LogP contribution in [0, 0.1) is 12.7 Å². The Labute approximate surface area is 91.3 Å². The fraction of sp³-hybridized carbons (Fsp3) is 0.200. The van der Waals surface area contributed by atoms with E-state index in [2.05, 4.69) is 20.4 Å². The van der Waals surface area contributed by atoms with E-state index in [1.165, 1.54) is 13.2 Å². The van der Waals surface area contributed by atoms with Crippen molar-refractivity contribution in [1.82, 2.24) is 20.4 Å². The lowest BCUT2D eigenvalue weighted by Gasteiger charge is -2.04. The largest absolute Gasteiger partial charge is 0.494 e. The molecule has 16 heavy (non-hydrogen) atoms. The van der Waals surface area contributed by atoms with Gasteiger partial charge in [-0.3, -0.25) is 0 Å². The lowest BCUT2D eigenvalue weighted by atomic mass is 10.2. The number of hydrogen-bond acceptors (Lipinski definition) is 5. The van der Waals surface area contributed by atoms with Gasteiger partial charge in [-0.25, -0.2) is 4.39 Å². The van der Waals surface area contributed by atoms with Crippen LogP contribution in [-0.2, 0) is 0 Å². The average Bonchev–Trinajstić information content (AvgIpc) is 2.31. The van der Waals surface area contributed by atoms with E-state index in [9.17, 15) is 4.39 Å². The Kier molecular flexibility index (Phi) is 2.72. The van der Waals surface area contributed by atoms with Crippen molar-refractivity contribution in [2.24, 2.45) is 0 Å². The Balaban J connectivity index is 2.51. The Hall–Kier alpha value is -2.11. The minimum Gasteiger partial charge on any atom is -0.494 e. The predicted octanol–water partition coefficient (Wildman–Crippen LogP) is 1.39. The first-order valence-electron chi connectivity index (χ1n) is 4.59. The van der Waals surface area contributed by atoms with E-state index in [0.29, 0.717) is 5.82 Å². The van der Waals surface area contributed by atoms with Crippen LogP contribution in [0.4, 0.5) is 4.39 Å². The number of benzene rings is 1. The predicted molar refractivity (Wildman–Crippen MR) is 54.3 cm³/mol. The van der Waals surface area contributed by atoms with Crippen molar-refractivity contribution in [3.05, 3.63) is 29.8 Å². The van der Waals surface area contributed by atoms with Crippen LogP contribution >= 0.6 is 0 Å². The van der Waals surface area contributed by atoms with Crippen LogP contribution in [-0.4, -0.2) is 27.5 Å². The minimum atomic E-state index is -0.516. The van der Waals surface area contributed by atoms with Gasteiger partial charge in [-0.1, -0.05) is 6.07 Å². The summed E-state index contributed by atoms with van der Waals surface area (Å²) in [6, 6.07) is 4.72. The van der Waals surface area contributed by atoms with Gasteiger partial charge in [-0.05, 0) is 19.1 Å². The Bertz CT molecular complexity index is 501. The highest BCUT2D eigenvalue weighted by Crippen LogP contribution is 2.25. The number of ether oxygens (including phenoxy) is 1. The van der Waals surface area contributed by atoms with E-state index in [0.717, 1.165) is 0 Å². The molecule has 0 radical (unpaired) electrons. The summed E-state index contributed by atoms with van der Waals surface area (Å²) in [5.41, 5.74) is 0.222. The summed E-state index contributed by atoms with van der Waals surface area (Å²) >= 11 is 0. The molecule has 5 nitrogen and oxygen atoms in total. The van der Waals surface area contributed by atoms with Crippen molar-refractivity contribution in [3.8, 4) is 17.1 Å². The highest BCUT2D eigenvalue weighted by molar-refractivity contribution is 5.57. The molecule has 2 rings (SSSR count). The first-order valence-corrected chi connectivity index (χ1v) is 4.59. The van der Waals surface area contributed by atoms with Gasteiger partial charge in [-0.15, -0.1) is 20.4 Å². The van der Waals surface area contributed by atoms with Gasteiger partial charge < -0.3 is 4.74 Å². The summed E-state index contributed by atoms with van der Waals surface area (Å²) in [7, 11) is 1.40. The number of methoxy groups -OCH3 is 1. The summed E-state index contributed by atoms with van der Waals surface area (Å²) in [4.78, 5) is 0. The van der Waals surface area contributed by atoms with E-state index in [-0.39, 0.29) is 17.1 Å². The third kappa shape index (κ3) is 1.81. The smallest absolute Gasteiger partial charge is 0.206 e. The van der Waals surface area contributed by atoms with Crippen molar-refractivity contribution < 1.29 is 9.13 Å². The molecule has 1 heterocycles. The van der Waals surface area contributed by atoms with Gasteiger partial charge in [0.1, 0.15) is 0 Å². The van der Waals surface area contributed by atoms with Crippen LogP contribution in [0.5, 0.6) is 5.75 Å². The Morgan fingerprint density at radius 2 is 1.81 bits per heavy atom. The topological polar surface area (TPSA) is 60.8 Å². The maximum Gasteiger partial charge on any atom is 0.206 e. The maximum atomic E-state index is 13.8. The zero-order valence-corrected chi connectivity index (χ0v) is 8.81. The Morgan fingerprint density at radius 1 is 1.12 bits per heavy atom. The summed E-state index contributed by atoms with van der Waals surface area (Å²) in [5.74, 6) is 0.202. The molecule has 0 amide bonds. The van der Waals surface area contributed by atoms with Gasteiger partial charge in [0.2, 0.25) is 5.82 Å². The second-order valence-corrected chi connectivity index (χ2v) is 3.09. The zero-order chi connectivity index (χ0) is 11.5. The highest BCUT2D eigenvalue weighted by atomic mass is 19.1. The lowest BCUT2D eigenvalue weighted by Crippen LogP contribution is -2.00. The molecule has 0 aliphatic carbocycles. The van der Waals surface area contributed by atoms with Crippen LogP contribution in [0.2, 0.25) is 0 Å². The monoisotopic (exact) mass is 220 g/mol. The molecule has 82 valence electrons. The van der Waals surface area contributed by atoms with E-state index < -0.39 is 5.82 Å². The fourth-order valence-electron chi connectivity index (χ4n) is 1.23. The molecule has 1 aromatic carbocycles. The van der Waals surface area contributed by atoms with Gasteiger partial charge >= 0.3 is 0 Å². The molecule has 0 saturated carbocycles. The van der Waals surface area contributed by atoms with Crippen LogP contribution in [0.15, 0.2) is 18.2 Å². The zero-order valence-electron chi connectivity index (χ0n) is 8.81. The summed E-state index contributed by atoms with van der Waals surface area (Å²) < 4.78 is 18.7. The van der Waals surface area contributed by atoms with Gasteiger partial charge in [-0.2, -0.15) is 0 Å². The summed E-state index contributed by atoms with van der Waals surface area (Å²) in [6.07, 6.45) is 0. The van der Waals surface area contributed by atoms with Crippen molar-refractivity contribution in [2.45, 2.75) is 6.92 Å². The van der Waals surface area contributed by atoms with Crippen LogP contribution in [0.25, 0.3) is 11.4 Å². The SMILES string of the molecule is COc1cccc(-c2nnc(C)nn2)c1F. The van der Waals surface area contributed by atoms with E-state index in [1.54, 1.807) is 19.1 Å². The van der Waals surface area contributed by atoms with E-state index >= 15 is 0 Å². The molecule has 2 aromatic rings. The van der Waals surface area contributed by atoms with Gasteiger partial charge in [0.15, 0.2) is 17.4 Å². The minimum absolute atomic E-state index is 0.140. The molecule has 0 bridgehead atoms. The standard InChI is InChI=1S/C10H9FN4O/c1-6-12-14-10(15-13-6)7-4-3-5-8(16-2)9(7)11/h3-5H,1-2H3. The first-order chi connectivity index (χ1) is 7.72. The molecule has 0 unspecified atom stereocenters. The van der Waals surface area contributed by atoms with E-state index in [4.69, 9.17) is 4.74 Å². The molecule has 0 N–H and O–H groups in total. The van der Waals surface area contributed by atoms with Crippen molar-refractivity contribution >= 4 is 0 Å². The van der Waals surface area contributed by atoms with Crippen LogP contribution < -0.4 is 4.74 Å². The van der Waals surface area contributed by atoms with Crippen LogP contribution in [0.1, 0.15) is 5.82 Å². The van der Waals surface area contributed by atoms with Gasteiger partial charge in [0, 0.05) is 0 Å². The first kappa shape index (κ1) is 10.4. The number of nitrogens with zero attached hydrogens (tertiary/aromatic N) is 4. The maximum absolute atomic E-state index is 13.8. The van der Waals surface area contributed by atoms with Gasteiger partial charge in [0.25, 0.3) is 0 Å². The molecular weight excluding hydrogens is 211 g/mol. The summed E-state index contributed by atoms with van der Waals surface area (Å²) in [5, 5.41) is 15.0. The molecule has 0 spiro atoms. The van der Waals surface area contributed by atoms with Crippen molar-refractivity contribution in [3.63, 3.8) is 0 Å². The molecule has 0 fully saturated rings. The van der Waals surface area contributed by atoms with Crippen molar-refractivity contribution in [2.75, 3.05) is 7.11 Å². The lowest BCUT2D eigenvalue weighted by molar-refractivity contribution is 0.387. The van der Waals surface area contributed by atoms with Crippen molar-refractivity contribution in [1.29, 1.82) is 0 Å². The molecule has 6 heteroatoms. The summed E-state index contributed by atoms with van der Waals surface area (Å²) in [6.45, 7) is 1.66. The van der Waals surface area contributed by atoms with E-state index in [1.807, 2.05) is 0 Å². The third-order valence-electron chi connectivity index (χ3n) is 2.00. The number of aryl methyl sites for hydroxylation is 1. The van der Waals surface area contributed by atoms with Crippen LogP contribution in [0.3, 0.4) is 0 Å². The fourth-order valence-corrected chi connectivity index (χ4v) is 1.23. The van der Waals surface area contributed by atoms with Gasteiger partial charge in [0.05, 0.1) is 12.7 Å². The number of halogens is 1. The molecular formula is C10H9FN4O. The molecule has 1 aromatic heterocycles. The Morgan fingerprint density at radius 3 is 2.44 bits per heavy atom. The highest BCUT2D eigenvalue weighted by Gasteiger charge is 2.13. The average molecular weight is 220 g/mol. The quantitative estimate of drug-likeness (QED) is 0.765. The second-order valence-electron chi connectivity index (χ2n) is 3.09. The third-order valence-corrected chi connectivity index (χ3v) is 2.00. The second kappa shape index (κ2) is 4.18.